The first-order valence-electron chi connectivity index (χ1n) is 15.7. The van der Waals surface area contributed by atoms with Gasteiger partial charge in [-0.15, -0.1) is 22.7 Å². The maximum atomic E-state index is 2.36. The van der Waals surface area contributed by atoms with E-state index in [2.05, 4.69) is 172 Å². The van der Waals surface area contributed by atoms with E-state index in [4.69, 9.17) is 0 Å². The minimum Gasteiger partial charge on any atom is -0.134 e. The summed E-state index contributed by atoms with van der Waals surface area (Å²) in [6.45, 7) is 4.10. The molecule has 2 aromatic heterocycles. The predicted octanol–water partition coefficient (Wildman–Crippen LogP) is 14.0. The first kappa shape index (κ1) is 28.5. The summed E-state index contributed by atoms with van der Waals surface area (Å²) in [5, 5.41) is 2.71. The molecule has 2 heteroatoms. The SMILES string of the molecule is CC=Cc1ccc(-c2ccc(-c3ccc4c(c3)sc3c5ccc(-c6ccc(-c7ccc(C=CC)cc7)cc6)cc5sc43)cc2)cc1. The van der Waals surface area contributed by atoms with E-state index < -0.39 is 0 Å². The van der Waals surface area contributed by atoms with Crippen molar-refractivity contribution in [2.75, 3.05) is 0 Å². The van der Waals surface area contributed by atoms with Crippen LogP contribution in [0.5, 0.6) is 0 Å². The summed E-state index contributed by atoms with van der Waals surface area (Å²) in [4.78, 5) is 0. The van der Waals surface area contributed by atoms with Crippen molar-refractivity contribution in [3.8, 4) is 44.5 Å². The summed E-state index contributed by atoms with van der Waals surface area (Å²) >= 11 is 3.84. The van der Waals surface area contributed by atoms with Crippen molar-refractivity contribution < 1.29 is 0 Å². The van der Waals surface area contributed by atoms with E-state index in [1.165, 1.54) is 85.2 Å². The van der Waals surface area contributed by atoms with Gasteiger partial charge in [-0.05, 0) is 81.6 Å². The number of benzene rings is 6. The molecule has 0 atom stereocenters. The molecule has 46 heavy (non-hydrogen) atoms. The van der Waals surface area contributed by atoms with Crippen LogP contribution < -0.4 is 0 Å². The number of thiophene rings is 2. The zero-order valence-corrected chi connectivity index (χ0v) is 27.5. The lowest BCUT2D eigenvalue weighted by atomic mass is 9.99. The molecule has 0 fully saturated rings. The highest BCUT2D eigenvalue weighted by Crippen LogP contribution is 2.46. The second-order valence-corrected chi connectivity index (χ2v) is 13.8. The molecule has 8 aromatic rings. The maximum Gasteiger partial charge on any atom is 0.0542 e. The smallest absolute Gasteiger partial charge is 0.0542 e. The number of rotatable bonds is 6. The molecular formula is C44H32S2. The standard InChI is InChI=1S/C44H32S2/c1-3-5-29-7-11-31(12-8-29)33-15-19-35(20-16-33)37-23-25-39-41(27-37)45-44-40-26-24-38(28-42(40)46-43(39)44)36-21-17-34(18-22-36)32-13-9-30(6-4-2)10-14-32/h3-28H,1-2H3. The van der Waals surface area contributed by atoms with Crippen molar-refractivity contribution in [2.24, 2.45) is 0 Å². The van der Waals surface area contributed by atoms with E-state index in [0.717, 1.165) is 0 Å². The average molecular weight is 625 g/mol. The molecule has 0 aliphatic rings. The molecule has 6 aromatic carbocycles. The van der Waals surface area contributed by atoms with E-state index >= 15 is 0 Å². The Morgan fingerprint density at radius 3 is 0.957 bits per heavy atom. The molecule has 0 spiro atoms. The van der Waals surface area contributed by atoms with Crippen LogP contribution in [0.3, 0.4) is 0 Å². The first-order valence-corrected chi connectivity index (χ1v) is 17.4. The topological polar surface area (TPSA) is 0 Å². The highest BCUT2D eigenvalue weighted by Gasteiger charge is 2.14. The van der Waals surface area contributed by atoms with Crippen LogP contribution >= 0.6 is 22.7 Å². The van der Waals surface area contributed by atoms with Crippen molar-refractivity contribution in [3.05, 3.63) is 157 Å². The molecular weight excluding hydrogens is 593 g/mol. The third-order valence-electron chi connectivity index (χ3n) is 8.73. The van der Waals surface area contributed by atoms with Gasteiger partial charge in [0.1, 0.15) is 0 Å². The first-order chi connectivity index (χ1) is 22.7. The van der Waals surface area contributed by atoms with Crippen LogP contribution in [0.2, 0.25) is 0 Å². The van der Waals surface area contributed by atoms with Crippen molar-refractivity contribution in [3.63, 3.8) is 0 Å². The van der Waals surface area contributed by atoms with Gasteiger partial charge in [0.2, 0.25) is 0 Å². The van der Waals surface area contributed by atoms with E-state index in [0.29, 0.717) is 0 Å². The fourth-order valence-corrected chi connectivity index (χ4v) is 9.02. The van der Waals surface area contributed by atoms with Gasteiger partial charge in [-0.2, -0.15) is 0 Å². The largest absolute Gasteiger partial charge is 0.134 e. The molecule has 0 radical (unpaired) electrons. The van der Waals surface area contributed by atoms with E-state index in [1.54, 1.807) is 0 Å². The average Bonchev–Trinajstić information content (AvgIpc) is 3.65. The zero-order valence-electron chi connectivity index (χ0n) is 25.8. The van der Waals surface area contributed by atoms with Gasteiger partial charge in [-0.25, -0.2) is 0 Å². The lowest BCUT2D eigenvalue weighted by Crippen LogP contribution is -1.81. The summed E-state index contributed by atoms with van der Waals surface area (Å²) in [7, 11) is 0. The van der Waals surface area contributed by atoms with Gasteiger partial charge < -0.3 is 0 Å². The Labute approximate surface area is 278 Å². The summed E-state index contributed by atoms with van der Waals surface area (Å²) < 4.78 is 5.49. The van der Waals surface area contributed by atoms with Gasteiger partial charge >= 0.3 is 0 Å². The molecule has 0 N–H and O–H groups in total. The van der Waals surface area contributed by atoms with Gasteiger partial charge in [0.05, 0.1) is 9.40 Å². The molecule has 0 bridgehead atoms. The number of hydrogen-bond donors (Lipinski definition) is 0. The van der Waals surface area contributed by atoms with Gasteiger partial charge in [0, 0.05) is 20.2 Å². The van der Waals surface area contributed by atoms with Crippen molar-refractivity contribution >= 4 is 64.4 Å². The third kappa shape index (κ3) is 5.30. The normalized spacial score (nSPS) is 12.0. The monoisotopic (exact) mass is 624 g/mol. The molecule has 0 saturated carbocycles. The fraction of sp³-hybridized carbons (Fsp3) is 0.0455. The van der Waals surface area contributed by atoms with Crippen LogP contribution in [-0.4, -0.2) is 0 Å². The molecule has 0 amide bonds. The zero-order chi connectivity index (χ0) is 31.0. The van der Waals surface area contributed by atoms with Crippen molar-refractivity contribution in [1.82, 2.24) is 0 Å². The third-order valence-corrected chi connectivity index (χ3v) is 11.2. The Bertz CT molecular complexity index is 2210. The Kier molecular flexibility index (Phi) is 7.46. The lowest BCUT2D eigenvalue weighted by Gasteiger charge is -2.06. The summed E-state index contributed by atoms with van der Waals surface area (Å²) in [5.41, 5.74) is 12.5. The summed E-state index contributed by atoms with van der Waals surface area (Å²) in [5.74, 6) is 0. The quantitative estimate of drug-likeness (QED) is 0.173. The molecule has 8 rings (SSSR count). The molecule has 0 unspecified atom stereocenters. The number of fused-ring (bicyclic) bond motifs is 5. The molecule has 0 aliphatic carbocycles. The minimum atomic E-state index is 1.23. The lowest BCUT2D eigenvalue weighted by molar-refractivity contribution is 1.58. The minimum absolute atomic E-state index is 1.23. The van der Waals surface area contributed by atoms with Gasteiger partial charge in [-0.1, -0.05) is 146 Å². The Morgan fingerprint density at radius 2 is 0.630 bits per heavy atom. The van der Waals surface area contributed by atoms with Crippen LogP contribution in [-0.2, 0) is 0 Å². The van der Waals surface area contributed by atoms with Gasteiger partial charge in [0.15, 0.2) is 0 Å². The Balaban J connectivity index is 1.05. The molecule has 0 aliphatic heterocycles. The number of allylic oxidation sites excluding steroid dienone is 2. The van der Waals surface area contributed by atoms with Crippen LogP contribution in [0.4, 0.5) is 0 Å². The van der Waals surface area contributed by atoms with E-state index in [-0.39, 0.29) is 0 Å². The molecule has 2 heterocycles. The summed E-state index contributed by atoms with van der Waals surface area (Å²) in [6.07, 6.45) is 8.41. The van der Waals surface area contributed by atoms with Crippen LogP contribution in [0.15, 0.2) is 146 Å². The summed E-state index contributed by atoms with van der Waals surface area (Å²) in [6, 6.07) is 49.3. The van der Waals surface area contributed by atoms with Gasteiger partial charge in [-0.3, -0.25) is 0 Å². The molecule has 220 valence electrons. The predicted molar refractivity (Wildman–Crippen MR) is 206 cm³/mol. The van der Waals surface area contributed by atoms with E-state index in [1.807, 2.05) is 22.7 Å². The van der Waals surface area contributed by atoms with Crippen LogP contribution in [0.25, 0.3) is 86.2 Å². The highest BCUT2D eigenvalue weighted by atomic mass is 32.1. The van der Waals surface area contributed by atoms with E-state index in [9.17, 15) is 0 Å². The van der Waals surface area contributed by atoms with Gasteiger partial charge in [0.25, 0.3) is 0 Å². The maximum absolute atomic E-state index is 2.36. The second-order valence-electron chi connectivity index (χ2n) is 11.7. The molecule has 0 saturated heterocycles. The van der Waals surface area contributed by atoms with Crippen LogP contribution in [0.1, 0.15) is 25.0 Å². The van der Waals surface area contributed by atoms with Crippen molar-refractivity contribution in [1.29, 1.82) is 0 Å². The highest BCUT2D eigenvalue weighted by molar-refractivity contribution is 7.36. The van der Waals surface area contributed by atoms with Crippen molar-refractivity contribution in [2.45, 2.75) is 13.8 Å². The second kappa shape index (κ2) is 12.1. The van der Waals surface area contributed by atoms with Crippen LogP contribution in [0, 0.1) is 0 Å². The Morgan fingerprint density at radius 1 is 0.348 bits per heavy atom. The molecule has 0 nitrogen and oxygen atoms in total. The fourth-order valence-electron chi connectivity index (χ4n) is 6.28. The number of hydrogen-bond acceptors (Lipinski definition) is 2. The Hall–Kier alpha value is -5.02.